The number of aryl methyl sites for hydroxylation is 1. The summed E-state index contributed by atoms with van der Waals surface area (Å²) in [6.07, 6.45) is 2.58. The Hall–Kier alpha value is -3.98. The number of amides is 1. The monoisotopic (exact) mass is 485 g/mol. The Morgan fingerprint density at radius 2 is 1.79 bits per heavy atom. The average molecular weight is 486 g/mol. The van der Waals surface area contributed by atoms with Crippen LogP contribution in [0.3, 0.4) is 0 Å². The number of nitrogens with zero attached hydrogens (tertiary/aromatic N) is 2. The van der Waals surface area contributed by atoms with Crippen LogP contribution in [0.4, 0.5) is 4.39 Å². The van der Waals surface area contributed by atoms with Crippen molar-refractivity contribution in [2.24, 2.45) is 0 Å². The number of rotatable bonds is 8. The molecule has 0 saturated carbocycles. The van der Waals surface area contributed by atoms with Crippen LogP contribution < -0.4 is 5.32 Å². The standard InChI is InChI=1S/C24H21ClFN3O5/c1-15-20(23(25)29(28-15)19-9-7-18(26)8-10-19)11-12-22(31)34-14-21(30)27-13-16-3-5-17(6-4-16)24(32)33-2/h3-12H,13-14H2,1-2H3,(H,27,30)/b12-11+. The van der Waals surface area contributed by atoms with Gasteiger partial charge in [0, 0.05) is 18.2 Å². The highest BCUT2D eigenvalue weighted by Crippen LogP contribution is 2.24. The molecule has 0 fully saturated rings. The van der Waals surface area contributed by atoms with Gasteiger partial charge >= 0.3 is 11.9 Å². The van der Waals surface area contributed by atoms with Crippen LogP contribution in [0.2, 0.25) is 5.15 Å². The summed E-state index contributed by atoms with van der Waals surface area (Å²) in [5.74, 6) is -2.05. The molecule has 3 rings (SSSR count). The number of carbonyl (C=O) groups excluding carboxylic acids is 3. The van der Waals surface area contributed by atoms with Crippen molar-refractivity contribution in [2.75, 3.05) is 13.7 Å². The van der Waals surface area contributed by atoms with Crippen LogP contribution >= 0.6 is 11.6 Å². The molecule has 0 unspecified atom stereocenters. The van der Waals surface area contributed by atoms with E-state index in [1.165, 1.54) is 42.1 Å². The van der Waals surface area contributed by atoms with Gasteiger partial charge in [0.05, 0.1) is 24.1 Å². The lowest BCUT2D eigenvalue weighted by Gasteiger charge is -2.06. The van der Waals surface area contributed by atoms with Gasteiger partial charge in [0.25, 0.3) is 5.91 Å². The summed E-state index contributed by atoms with van der Waals surface area (Å²) in [6, 6.07) is 12.2. The average Bonchev–Trinajstić information content (AvgIpc) is 3.13. The molecule has 10 heteroatoms. The van der Waals surface area contributed by atoms with Crippen LogP contribution in [0.15, 0.2) is 54.6 Å². The zero-order valence-electron chi connectivity index (χ0n) is 18.4. The van der Waals surface area contributed by atoms with Crippen molar-refractivity contribution in [3.8, 4) is 5.69 Å². The van der Waals surface area contributed by atoms with Crippen molar-refractivity contribution in [1.29, 1.82) is 0 Å². The minimum absolute atomic E-state index is 0.199. The van der Waals surface area contributed by atoms with Gasteiger partial charge < -0.3 is 14.8 Å². The molecule has 2 aromatic carbocycles. The fourth-order valence-corrected chi connectivity index (χ4v) is 3.25. The minimum atomic E-state index is -0.734. The molecule has 0 spiro atoms. The quantitative estimate of drug-likeness (QED) is 0.386. The maximum Gasteiger partial charge on any atom is 0.337 e. The van der Waals surface area contributed by atoms with Crippen LogP contribution in [-0.2, 0) is 25.6 Å². The Morgan fingerprint density at radius 3 is 2.44 bits per heavy atom. The van der Waals surface area contributed by atoms with E-state index < -0.39 is 24.5 Å². The molecule has 0 aliphatic rings. The number of carbonyl (C=O) groups is 3. The van der Waals surface area contributed by atoms with E-state index in [2.05, 4.69) is 15.2 Å². The van der Waals surface area contributed by atoms with Crippen LogP contribution in [0, 0.1) is 12.7 Å². The number of hydrogen-bond acceptors (Lipinski definition) is 6. The number of hydrogen-bond donors (Lipinski definition) is 1. The first kappa shape index (κ1) is 24.7. The molecule has 34 heavy (non-hydrogen) atoms. The van der Waals surface area contributed by atoms with Crippen molar-refractivity contribution in [2.45, 2.75) is 13.5 Å². The van der Waals surface area contributed by atoms with Gasteiger partial charge in [-0.2, -0.15) is 5.10 Å². The topological polar surface area (TPSA) is 99.5 Å². The molecule has 0 atom stereocenters. The first-order valence-electron chi connectivity index (χ1n) is 10.1. The predicted molar refractivity (Wildman–Crippen MR) is 123 cm³/mol. The third kappa shape index (κ3) is 6.29. The van der Waals surface area contributed by atoms with E-state index in [9.17, 15) is 18.8 Å². The lowest BCUT2D eigenvalue weighted by atomic mass is 10.1. The number of nitrogens with one attached hydrogen (secondary N) is 1. The maximum absolute atomic E-state index is 13.1. The van der Waals surface area contributed by atoms with Gasteiger partial charge in [0.15, 0.2) is 6.61 Å². The van der Waals surface area contributed by atoms with Crippen LogP contribution in [0.1, 0.15) is 27.2 Å². The van der Waals surface area contributed by atoms with Gasteiger partial charge in [-0.15, -0.1) is 0 Å². The third-order valence-electron chi connectivity index (χ3n) is 4.72. The van der Waals surface area contributed by atoms with Crippen LogP contribution in [0.25, 0.3) is 11.8 Å². The van der Waals surface area contributed by atoms with Gasteiger partial charge in [-0.25, -0.2) is 18.7 Å². The van der Waals surface area contributed by atoms with E-state index in [0.717, 1.165) is 11.6 Å². The number of aromatic nitrogens is 2. The molecule has 1 aromatic heterocycles. The van der Waals surface area contributed by atoms with Crippen LogP contribution in [-0.4, -0.2) is 41.3 Å². The van der Waals surface area contributed by atoms with Crippen molar-refractivity contribution in [3.05, 3.63) is 88.0 Å². The summed E-state index contributed by atoms with van der Waals surface area (Å²) in [7, 11) is 1.30. The van der Waals surface area contributed by atoms with E-state index in [0.29, 0.717) is 22.5 Å². The second kappa shape index (κ2) is 11.2. The number of halogens is 2. The zero-order valence-corrected chi connectivity index (χ0v) is 19.1. The summed E-state index contributed by atoms with van der Waals surface area (Å²) in [6.45, 7) is 1.44. The summed E-state index contributed by atoms with van der Waals surface area (Å²) in [5.41, 5.74) is 2.76. The molecule has 1 amide bonds. The molecular formula is C24H21ClFN3O5. The van der Waals surface area contributed by atoms with E-state index >= 15 is 0 Å². The van der Waals surface area contributed by atoms with E-state index in [-0.39, 0.29) is 17.5 Å². The lowest BCUT2D eigenvalue weighted by Crippen LogP contribution is -2.28. The van der Waals surface area contributed by atoms with Crippen molar-refractivity contribution >= 4 is 35.5 Å². The van der Waals surface area contributed by atoms with Gasteiger partial charge in [-0.05, 0) is 55.0 Å². The van der Waals surface area contributed by atoms with E-state index in [1.54, 1.807) is 31.2 Å². The Labute approximate surface area is 199 Å². The molecule has 0 aliphatic carbocycles. The first-order chi connectivity index (χ1) is 16.3. The Morgan fingerprint density at radius 1 is 1.12 bits per heavy atom. The number of ether oxygens (including phenoxy) is 2. The van der Waals surface area contributed by atoms with Crippen molar-refractivity contribution in [1.82, 2.24) is 15.1 Å². The molecule has 0 aliphatic heterocycles. The fourth-order valence-electron chi connectivity index (χ4n) is 2.92. The van der Waals surface area contributed by atoms with Crippen molar-refractivity contribution in [3.63, 3.8) is 0 Å². The normalized spacial score (nSPS) is 10.8. The van der Waals surface area contributed by atoms with Crippen molar-refractivity contribution < 1.29 is 28.2 Å². The molecule has 0 saturated heterocycles. The maximum atomic E-state index is 13.1. The molecular weight excluding hydrogens is 465 g/mol. The Balaban J connectivity index is 1.51. The molecule has 3 aromatic rings. The molecule has 0 radical (unpaired) electrons. The second-order valence-corrected chi connectivity index (χ2v) is 7.44. The molecule has 176 valence electrons. The summed E-state index contributed by atoms with van der Waals surface area (Å²) in [5, 5.41) is 7.16. The number of benzene rings is 2. The SMILES string of the molecule is COC(=O)c1ccc(CNC(=O)COC(=O)/C=C/c2c(C)nn(-c3ccc(F)cc3)c2Cl)cc1. The smallest absolute Gasteiger partial charge is 0.337 e. The van der Waals surface area contributed by atoms with Crippen LogP contribution in [0.5, 0.6) is 0 Å². The van der Waals surface area contributed by atoms with Gasteiger partial charge in [-0.1, -0.05) is 23.7 Å². The number of esters is 2. The Kier molecular flexibility index (Phi) is 8.15. The highest BCUT2D eigenvalue weighted by atomic mass is 35.5. The first-order valence-corrected chi connectivity index (χ1v) is 10.5. The highest BCUT2D eigenvalue weighted by Gasteiger charge is 2.13. The van der Waals surface area contributed by atoms with Gasteiger partial charge in [0.2, 0.25) is 0 Å². The molecule has 0 bridgehead atoms. The van der Waals surface area contributed by atoms with Gasteiger partial charge in [-0.3, -0.25) is 4.79 Å². The molecule has 1 N–H and O–H groups in total. The fraction of sp³-hybridized carbons (Fsp3) is 0.167. The van der Waals surface area contributed by atoms with E-state index in [1.807, 2.05) is 0 Å². The highest BCUT2D eigenvalue weighted by molar-refractivity contribution is 6.31. The number of methoxy groups -OCH3 is 1. The van der Waals surface area contributed by atoms with Gasteiger partial charge in [0.1, 0.15) is 11.0 Å². The summed E-state index contributed by atoms with van der Waals surface area (Å²) in [4.78, 5) is 35.4. The van der Waals surface area contributed by atoms with E-state index in [4.69, 9.17) is 16.3 Å². The largest absolute Gasteiger partial charge is 0.465 e. The zero-order chi connectivity index (χ0) is 24.7. The summed E-state index contributed by atoms with van der Waals surface area (Å²) < 4.78 is 24.1. The molecule has 1 heterocycles. The second-order valence-electron chi connectivity index (χ2n) is 7.08. The molecule has 8 nitrogen and oxygen atoms in total. The lowest BCUT2D eigenvalue weighted by molar-refractivity contribution is -0.143. The summed E-state index contributed by atoms with van der Waals surface area (Å²) >= 11 is 6.36. The minimum Gasteiger partial charge on any atom is -0.465 e. The predicted octanol–water partition coefficient (Wildman–Crippen LogP) is 3.63. The Bertz CT molecular complexity index is 1220. The third-order valence-corrected chi connectivity index (χ3v) is 5.08.